The maximum atomic E-state index is 2.65. The molecule has 1 aromatic heterocycles. The first kappa shape index (κ1) is 27.1. The quantitative estimate of drug-likeness (QED) is 0.184. The summed E-state index contributed by atoms with van der Waals surface area (Å²) in [6.45, 7) is 0. The molecule has 6 aromatic carbocycles. The van der Waals surface area contributed by atoms with Crippen molar-refractivity contribution >= 4 is 33.8 Å². The molecule has 7 aromatic rings. The van der Waals surface area contributed by atoms with E-state index in [0.29, 0.717) is 0 Å². The molecule has 0 saturated heterocycles. The van der Waals surface area contributed by atoms with E-state index in [4.69, 9.17) is 0 Å². The van der Waals surface area contributed by atoms with Crippen molar-refractivity contribution in [1.29, 1.82) is 0 Å². The number of rotatable bonds is 4. The standard InChI is InChI=1S/C48H33N/c1-3-16-31(17-4-1)33-20-7-11-25-39(33)48(40-26-12-8-21-34(40)32-18-5-2-6-19-32)41-27-15-24-37-35-22-9-13-28-43(35)49-44-29-14-10-23-36(44)38-30-42(48)46(45(37)41)47(38)49/h1-8,10-21,23-30,42H,9,22H2. The van der Waals surface area contributed by atoms with Crippen molar-refractivity contribution in [3.63, 3.8) is 0 Å². The van der Waals surface area contributed by atoms with E-state index in [9.17, 15) is 0 Å². The van der Waals surface area contributed by atoms with Gasteiger partial charge >= 0.3 is 0 Å². The predicted molar refractivity (Wildman–Crippen MR) is 203 cm³/mol. The van der Waals surface area contributed by atoms with Crippen molar-refractivity contribution in [3.05, 3.63) is 202 Å². The summed E-state index contributed by atoms with van der Waals surface area (Å²) >= 11 is 0. The third kappa shape index (κ3) is 3.44. The maximum Gasteiger partial charge on any atom is 0.0583 e. The van der Waals surface area contributed by atoms with Gasteiger partial charge in [-0.3, -0.25) is 0 Å². The van der Waals surface area contributed by atoms with Crippen LogP contribution >= 0.6 is 0 Å². The molecule has 3 aliphatic carbocycles. The van der Waals surface area contributed by atoms with Crippen molar-refractivity contribution in [1.82, 2.24) is 4.57 Å². The summed E-state index contributed by atoms with van der Waals surface area (Å²) in [4.78, 5) is 0. The number of hydrogen-bond acceptors (Lipinski definition) is 0. The van der Waals surface area contributed by atoms with Crippen molar-refractivity contribution in [2.24, 2.45) is 5.92 Å². The zero-order chi connectivity index (χ0) is 32.1. The predicted octanol–water partition coefficient (Wildman–Crippen LogP) is 9.96. The fraction of sp³-hybridized carbons (Fsp3) is 0.0833. The van der Waals surface area contributed by atoms with Crippen LogP contribution < -0.4 is 10.6 Å². The van der Waals surface area contributed by atoms with E-state index in [0.717, 1.165) is 12.8 Å². The second-order valence-corrected chi connectivity index (χ2v) is 13.8. The molecule has 49 heavy (non-hydrogen) atoms. The van der Waals surface area contributed by atoms with Gasteiger partial charge in [0.15, 0.2) is 0 Å². The summed E-state index contributed by atoms with van der Waals surface area (Å²) in [5.74, 6) is 0.101. The van der Waals surface area contributed by atoms with Crippen LogP contribution in [0.5, 0.6) is 0 Å². The number of allylic oxidation sites excluding steroid dienone is 4. The number of nitrogens with zero attached hydrogens (tertiary/aromatic N) is 1. The van der Waals surface area contributed by atoms with Gasteiger partial charge in [-0.1, -0.05) is 158 Å². The van der Waals surface area contributed by atoms with Crippen LogP contribution in [0.2, 0.25) is 0 Å². The molecule has 0 fully saturated rings. The second kappa shape index (κ2) is 10.0. The number of para-hydroxylation sites is 1. The number of aromatic nitrogens is 1. The number of fused-ring (bicyclic) bond motifs is 5. The van der Waals surface area contributed by atoms with Crippen LogP contribution in [-0.4, -0.2) is 4.57 Å². The Morgan fingerprint density at radius 1 is 0.551 bits per heavy atom. The van der Waals surface area contributed by atoms with E-state index in [1.165, 1.54) is 88.4 Å². The maximum absolute atomic E-state index is 2.65. The molecule has 0 radical (unpaired) electrons. The molecular weight excluding hydrogens is 591 g/mol. The Morgan fingerprint density at radius 2 is 1.14 bits per heavy atom. The highest BCUT2D eigenvalue weighted by Gasteiger charge is 2.56. The molecule has 4 aliphatic rings. The Kier molecular flexibility index (Phi) is 5.55. The minimum Gasteiger partial charge on any atom is -0.309 e. The van der Waals surface area contributed by atoms with Gasteiger partial charge in [-0.15, -0.1) is 0 Å². The highest BCUT2D eigenvalue weighted by molar-refractivity contribution is 6.05. The van der Waals surface area contributed by atoms with Gasteiger partial charge in [-0.05, 0) is 86.2 Å². The molecule has 1 heteroatoms. The molecule has 0 amide bonds. The second-order valence-electron chi connectivity index (χ2n) is 13.8. The molecule has 230 valence electrons. The molecule has 0 N–H and O–H groups in total. The summed E-state index contributed by atoms with van der Waals surface area (Å²) in [6, 6.07) is 56.7. The zero-order valence-corrected chi connectivity index (χ0v) is 27.1. The van der Waals surface area contributed by atoms with E-state index in [2.05, 4.69) is 174 Å². The number of hydrogen-bond donors (Lipinski definition) is 0. The van der Waals surface area contributed by atoms with Gasteiger partial charge in [0.05, 0.1) is 16.3 Å². The molecule has 1 atom stereocenters. The lowest BCUT2D eigenvalue weighted by Gasteiger charge is -2.39. The third-order valence-electron chi connectivity index (χ3n) is 11.6. The zero-order valence-electron chi connectivity index (χ0n) is 27.1. The summed E-state index contributed by atoms with van der Waals surface area (Å²) in [5.41, 5.74) is 17.2. The first-order chi connectivity index (χ1) is 24.4. The summed E-state index contributed by atoms with van der Waals surface area (Å²) in [6.07, 6.45) is 9.51. The normalized spacial score (nSPS) is 17.6. The molecule has 1 nitrogen and oxygen atoms in total. The van der Waals surface area contributed by atoms with E-state index < -0.39 is 5.41 Å². The molecule has 1 unspecified atom stereocenters. The van der Waals surface area contributed by atoms with Crippen LogP contribution in [0.4, 0.5) is 0 Å². The van der Waals surface area contributed by atoms with E-state index >= 15 is 0 Å². The Bertz CT molecular complexity index is 2620. The van der Waals surface area contributed by atoms with Crippen molar-refractivity contribution in [3.8, 4) is 22.3 Å². The average molecular weight is 624 g/mol. The summed E-state index contributed by atoms with van der Waals surface area (Å²) in [7, 11) is 0. The Morgan fingerprint density at radius 3 is 1.86 bits per heavy atom. The highest BCUT2D eigenvalue weighted by Crippen LogP contribution is 2.63. The smallest absolute Gasteiger partial charge is 0.0583 e. The summed E-state index contributed by atoms with van der Waals surface area (Å²) in [5, 5.41) is 4.10. The first-order valence-electron chi connectivity index (χ1n) is 17.6. The van der Waals surface area contributed by atoms with Crippen molar-refractivity contribution in [2.45, 2.75) is 18.3 Å². The fourth-order valence-corrected chi connectivity index (χ4v) is 9.85. The van der Waals surface area contributed by atoms with Gasteiger partial charge in [-0.2, -0.15) is 0 Å². The van der Waals surface area contributed by atoms with Crippen LogP contribution in [0, 0.1) is 5.92 Å². The molecular formula is C48H33N. The van der Waals surface area contributed by atoms with Gasteiger partial charge < -0.3 is 4.57 Å². The van der Waals surface area contributed by atoms with E-state index in [-0.39, 0.29) is 5.92 Å². The third-order valence-corrected chi connectivity index (χ3v) is 11.6. The Hall–Kier alpha value is -5.92. The first-order valence-corrected chi connectivity index (χ1v) is 17.6. The molecule has 0 bridgehead atoms. The molecule has 11 rings (SSSR count). The molecule has 0 saturated carbocycles. The minimum absolute atomic E-state index is 0.101. The van der Waals surface area contributed by atoms with Gasteiger partial charge in [0.1, 0.15) is 0 Å². The lowest BCUT2D eigenvalue weighted by atomic mass is 9.61. The van der Waals surface area contributed by atoms with Gasteiger partial charge in [-0.25, -0.2) is 0 Å². The molecule has 1 aliphatic heterocycles. The van der Waals surface area contributed by atoms with Gasteiger partial charge in [0, 0.05) is 22.2 Å². The molecule has 0 spiro atoms. The molecule has 2 heterocycles. The van der Waals surface area contributed by atoms with Gasteiger partial charge in [0.25, 0.3) is 0 Å². The van der Waals surface area contributed by atoms with Crippen LogP contribution in [0.3, 0.4) is 0 Å². The lowest BCUT2D eigenvalue weighted by molar-refractivity contribution is 0.586. The van der Waals surface area contributed by atoms with Crippen molar-refractivity contribution in [2.75, 3.05) is 0 Å². The van der Waals surface area contributed by atoms with Crippen molar-refractivity contribution < 1.29 is 0 Å². The summed E-state index contributed by atoms with van der Waals surface area (Å²) < 4.78 is 2.62. The fourth-order valence-electron chi connectivity index (χ4n) is 9.85. The topological polar surface area (TPSA) is 4.93 Å². The highest BCUT2D eigenvalue weighted by atomic mass is 15.0. The average Bonchev–Trinajstić information content (AvgIpc) is 3.77. The monoisotopic (exact) mass is 623 g/mol. The Balaban J connectivity index is 1.38. The van der Waals surface area contributed by atoms with E-state index in [1.807, 2.05) is 0 Å². The van der Waals surface area contributed by atoms with Crippen LogP contribution in [0.25, 0.3) is 56.1 Å². The van der Waals surface area contributed by atoms with Gasteiger partial charge in [0.2, 0.25) is 0 Å². The van der Waals surface area contributed by atoms with E-state index in [1.54, 1.807) is 0 Å². The SMILES string of the molecule is C1=CC2=C(CC1)c1cccc3c1C1=c4c(c5ccccc5n42)=CC1C3(c1ccccc1-c1ccccc1)c1ccccc1-c1ccccc1. The largest absolute Gasteiger partial charge is 0.309 e. The Labute approximate surface area is 286 Å². The van der Waals surface area contributed by atoms with Crippen LogP contribution in [-0.2, 0) is 5.41 Å². The lowest BCUT2D eigenvalue weighted by Crippen LogP contribution is -2.35. The minimum atomic E-state index is -0.479. The van der Waals surface area contributed by atoms with Crippen LogP contribution in [0.15, 0.2) is 164 Å². The van der Waals surface area contributed by atoms with Crippen LogP contribution in [0.1, 0.15) is 40.7 Å². The number of benzene rings is 6.